The van der Waals surface area contributed by atoms with Gasteiger partial charge in [0.25, 0.3) is 10.7 Å². The van der Waals surface area contributed by atoms with Crippen molar-refractivity contribution in [2.24, 2.45) is 0 Å². The number of benzene rings is 2. The van der Waals surface area contributed by atoms with E-state index >= 15 is 0 Å². The van der Waals surface area contributed by atoms with E-state index in [1.54, 1.807) is 17.8 Å². The number of amides is 1. The lowest BCUT2D eigenvalue weighted by Crippen LogP contribution is -2.48. The van der Waals surface area contributed by atoms with Crippen LogP contribution in [0.5, 0.6) is 5.75 Å². The monoisotopic (exact) mass is 383 g/mol. The molecule has 1 unspecified atom stereocenters. The smallest absolute Gasteiger partial charge is 0.270 e. The average molecular weight is 383 g/mol. The van der Waals surface area contributed by atoms with Gasteiger partial charge in [-0.1, -0.05) is 0 Å². The molecule has 8 heteroatoms. The summed E-state index contributed by atoms with van der Waals surface area (Å²) in [6.45, 7) is 3.42. The van der Waals surface area contributed by atoms with Crippen LogP contribution in [0.15, 0.2) is 46.9 Å². The minimum Gasteiger partial charge on any atom is -0.454 e. The summed E-state index contributed by atoms with van der Waals surface area (Å²) in [5.74, 6) is 0.474. The Morgan fingerprint density at radius 1 is 1.30 bits per heavy atom. The van der Waals surface area contributed by atoms with Gasteiger partial charge in [0.05, 0.1) is 10.6 Å². The first-order valence-electron chi connectivity index (χ1n) is 8.31. The first-order chi connectivity index (χ1) is 12.8. The lowest BCUT2D eigenvalue weighted by atomic mass is 10.0. The molecule has 27 heavy (non-hydrogen) atoms. The molecule has 2 aromatic rings. The fraction of sp³-hybridized carbons (Fsp3) is 0.211. The highest BCUT2D eigenvalue weighted by molar-refractivity contribution is 8.01. The normalized spacial score (nSPS) is 19.8. The van der Waals surface area contributed by atoms with Crippen LogP contribution >= 0.6 is 11.8 Å². The molecule has 2 heterocycles. The van der Waals surface area contributed by atoms with Gasteiger partial charge in [0.2, 0.25) is 5.91 Å². The van der Waals surface area contributed by atoms with Crippen LogP contribution in [-0.4, -0.2) is 22.9 Å². The Morgan fingerprint density at radius 3 is 2.78 bits per heavy atom. The number of non-ortho nitro benzene ring substituents is 1. The number of carbonyl (C=O) groups excluding carboxylic acids is 1. The van der Waals surface area contributed by atoms with Gasteiger partial charge in [-0.2, -0.15) is 0 Å². The number of carbonyl (C=O) groups is 1. The van der Waals surface area contributed by atoms with Gasteiger partial charge in [0, 0.05) is 47.8 Å². The molecule has 1 atom stereocenters. The number of hydrogen-bond acceptors (Lipinski definition) is 6. The van der Waals surface area contributed by atoms with Crippen LogP contribution in [0.4, 0.5) is 17.1 Å². The second-order valence-electron chi connectivity index (χ2n) is 6.52. The summed E-state index contributed by atoms with van der Waals surface area (Å²) in [6, 6.07) is 10.3. The van der Waals surface area contributed by atoms with E-state index in [1.165, 1.54) is 19.1 Å². The van der Waals surface area contributed by atoms with Crippen LogP contribution in [0.3, 0.4) is 0 Å². The van der Waals surface area contributed by atoms with E-state index in [-0.39, 0.29) is 11.6 Å². The molecule has 1 amide bonds. The number of nitro benzene ring substituents is 1. The fourth-order valence-corrected chi connectivity index (χ4v) is 4.75. The maximum atomic E-state index is 11.3. The first-order valence-corrected chi connectivity index (χ1v) is 9.12. The van der Waals surface area contributed by atoms with Gasteiger partial charge in [0.15, 0.2) is 0 Å². The number of thioether (sulfide) groups is 1. The van der Waals surface area contributed by atoms with Crippen LogP contribution in [-0.2, 0) is 4.79 Å². The van der Waals surface area contributed by atoms with E-state index in [4.69, 9.17) is 4.74 Å². The molecule has 0 bridgehead atoms. The van der Waals surface area contributed by atoms with E-state index in [1.807, 2.05) is 43.1 Å². The molecule has 1 spiro atoms. The van der Waals surface area contributed by atoms with Crippen molar-refractivity contribution in [2.75, 3.05) is 17.3 Å². The van der Waals surface area contributed by atoms with E-state index < -0.39 is 9.98 Å². The van der Waals surface area contributed by atoms with Crippen LogP contribution in [0.2, 0.25) is 0 Å². The van der Waals surface area contributed by atoms with Crippen molar-refractivity contribution < 1.29 is 14.5 Å². The number of hydrogen-bond donors (Lipinski definition) is 1. The van der Waals surface area contributed by atoms with Crippen molar-refractivity contribution in [1.82, 2.24) is 0 Å². The molecule has 0 saturated carbocycles. The standard InChI is InChI=1S/C19H17N3O4S/c1-11-8-13-9-15(22(24)25)5-7-17(13)26-19(11)21(3)16-6-4-14(20-12(2)23)10-18(16)27-19/h4-10H,1-3H3,(H,20,23). The van der Waals surface area contributed by atoms with E-state index in [9.17, 15) is 14.9 Å². The average Bonchev–Trinajstić information content (AvgIpc) is 2.87. The Bertz CT molecular complexity index is 1020. The van der Waals surface area contributed by atoms with Gasteiger partial charge in [0.1, 0.15) is 5.75 Å². The van der Waals surface area contributed by atoms with Crippen molar-refractivity contribution in [3.63, 3.8) is 0 Å². The lowest BCUT2D eigenvalue weighted by Gasteiger charge is -2.40. The second kappa shape index (κ2) is 6.02. The Balaban J connectivity index is 1.73. The maximum Gasteiger partial charge on any atom is 0.270 e. The molecular formula is C19H17N3O4S. The number of rotatable bonds is 2. The molecule has 7 nitrogen and oxygen atoms in total. The van der Waals surface area contributed by atoms with Gasteiger partial charge in [-0.15, -0.1) is 0 Å². The Labute approximate surface area is 160 Å². The summed E-state index contributed by atoms with van der Waals surface area (Å²) in [7, 11) is 1.95. The maximum absolute atomic E-state index is 11.3. The van der Waals surface area contributed by atoms with Crippen LogP contribution < -0.4 is 15.0 Å². The van der Waals surface area contributed by atoms with Crippen LogP contribution in [0, 0.1) is 10.1 Å². The summed E-state index contributed by atoms with van der Waals surface area (Å²) >= 11 is 1.54. The summed E-state index contributed by atoms with van der Waals surface area (Å²) in [5, 5.41) is 13.1. The largest absolute Gasteiger partial charge is 0.454 e. The number of anilines is 2. The quantitative estimate of drug-likeness (QED) is 0.617. The first kappa shape index (κ1) is 17.4. The molecular weight excluding hydrogens is 366 g/mol. The van der Waals surface area contributed by atoms with E-state index in [2.05, 4.69) is 5.32 Å². The third-order valence-electron chi connectivity index (χ3n) is 4.65. The molecule has 0 radical (unpaired) electrons. The molecule has 4 rings (SSSR count). The number of nitrogens with zero attached hydrogens (tertiary/aromatic N) is 2. The zero-order chi connectivity index (χ0) is 19.3. The SMILES string of the molecule is CC(=O)Nc1ccc2c(c1)SC1(Oc3ccc([N+](=O)[O-])cc3C=C1C)N2C. The number of ether oxygens (including phenoxy) is 1. The topological polar surface area (TPSA) is 84.7 Å². The third-order valence-corrected chi connectivity index (χ3v) is 6.16. The number of fused-ring (bicyclic) bond motifs is 2. The molecule has 1 N–H and O–H groups in total. The highest BCUT2D eigenvalue weighted by Gasteiger charge is 2.49. The van der Waals surface area contributed by atoms with Crippen molar-refractivity contribution >= 4 is 40.8 Å². The molecule has 2 aliphatic heterocycles. The van der Waals surface area contributed by atoms with Gasteiger partial charge >= 0.3 is 0 Å². The molecule has 138 valence electrons. The van der Waals surface area contributed by atoms with Crippen molar-refractivity contribution in [3.8, 4) is 5.75 Å². The minimum absolute atomic E-state index is 0.0352. The molecule has 2 aromatic carbocycles. The highest BCUT2D eigenvalue weighted by Crippen LogP contribution is 2.56. The van der Waals surface area contributed by atoms with Crippen LogP contribution in [0.25, 0.3) is 6.08 Å². The Kier molecular flexibility index (Phi) is 3.88. The summed E-state index contributed by atoms with van der Waals surface area (Å²) in [5.41, 5.74) is 3.38. The summed E-state index contributed by atoms with van der Waals surface area (Å²) < 4.78 is 6.35. The number of likely N-dealkylation sites (N-methyl/N-ethyl adjacent to an activating group) is 1. The fourth-order valence-electron chi connectivity index (χ4n) is 3.37. The molecule has 0 saturated heterocycles. The summed E-state index contributed by atoms with van der Waals surface area (Å²) in [4.78, 5) is 25.0. The van der Waals surface area contributed by atoms with Crippen molar-refractivity contribution in [1.29, 1.82) is 0 Å². The number of nitro groups is 1. The third kappa shape index (κ3) is 2.73. The number of nitrogens with one attached hydrogen (secondary N) is 1. The molecule has 0 fully saturated rings. The van der Waals surface area contributed by atoms with Crippen molar-refractivity contribution in [3.05, 3.63) is 57.6 Å². The molecule has 2 aliphatic rings. The lowest BCUT2D eigenvalue weighted by molar-refractivity contribution is -0.384. The van der Waals surface area contributed by atoms with Gasteiger partial charge in [-0.25, -0.2) is 0 Å². The zero-order valence-corrected chi connectivity index (χ0v) is 15.8. The Hall–Kier alpha value is -3.00. The zero-order valence-electron chi connectivity index (χ0n) is 15.0. The van der Waals surface area contributed by atoms with Crippen LogP contribution in [0.1, 0.15) is 19.4 Å². The van der Waals surface area contributed by atoms with E-state index in [0.717, 1.165) is 21.8 Å². The molecule has 0 aromatic heterocycles. The van der Waals surface area contributed by atoms with Gasteiger partial charge in [-0.05, 0) is 49.0 Å². The summed E-state index contributed by atoms with van der Waals surface area (Å²) in [6.07, 6.45) is 1.93. The van der Waals surface area contributed by atoms with Gasteiger partial charge < -0.3 is 15.0 Å². The van der Waals surface area contributed by atoms with Gasteiger partial charge in [-0.3, -0.25) is 14.9 Å². The minimum atomic E-state index is -0.764. The molecule has 0 aliphatic carbocycles. The Morgan fingerprint density at radius 2 is 2.07 bits per heavy atom. The predicted molar refractivity (Wildman–Crippen MR) is 105 cm³/mol. The van der Waals surface area contributed by atoms with Crippen molar-refractivity contribution in [2.45, 2.75) is 23.8 Å². The highest BCUT2D eigenvalue weighted by atomic mass is 32.2. The van der Waals surface area contributed by atoms with E-state index in [0.29, 0.717) is 11.3 Å². The second-order valence-corrected chi connectivity index (χ2v) is 7.71. The predicted octanol–water partition coefficient (Wildman–Crippen LogP) is 4.24.